The summed E-state index contributed by atoms with van der Waals surface area (Å²) in [6.45, 7) is 5.64. The molecule has 2 N–H and O–H groups in total. The molecule has 1 atom stereocenters. The van der Waals surface area contributed by atoms with E-state index in [1.54, 1.807) is 0 Å². The Balaban J connectivity index is 1.97. The average molecular weight is 225 g/mol. The minimum atomic E-state index is -0.622. The number of hydrogen-bond donors (Lipinski definition) is 1. The first-order valence-electron chi connectivity index (χ1n) is 6.28. The maximum atomic E-state index is 12.3. The zero-order chi connectivity index (χ0) is 11.8. The molecule has 1 aliphatic carbocycles. The van der Waals surface area contributed by atoms with Crippen molar-refractivity contribution in [1.29, 1.82) is 0 Å². The molecule has 2 fully saturated rings. The molecule has 1 amide bonds. The Kier molecular flexibility index (Phi) is 3.22. The van der Waals surface area contributed by atoms with Crippen molar-refractivity contribution >= 4 is 5.91 Å². The lowest BCUT2D eigenvalue weighted by molar-refractivity contribution is -0.137. The van der Waals surface area contributed by atoms with E-state index in [0.29, 0.717) is 5.92 Å². The van der Waals surface area contributed by atoms with Crippen LogP contribution in [-0.4, -0.2) is 54.5 Å². The molecule has 0 bridgehead atoms. The van der Waals surface area contributed by atoms with Crippen molar-refractivity contribution in [3.63, 3.8) is 0 Å². The highest BCUT2D eigenvalue weighted by molar-refractivity contribution is 5.86. The van der Waals surface area contributed by atoms with Crippen molar-refractivity contribution in [1.82, 2.24) is 9.80 Å². The predicted molar refractivity (Wildman–Crippen MR) is 64.0 cm³/mol. The molecule has 0 radical (unpaired) electrons. The lowest BCUT2D eigenvalue weighted by Crippen LogP contribution is -2.55. The van der Waals surface area contributed by atoms with Gasteiger partial charge in [-0.25, -0.2) is 0 Å². The van der Waals surface area contributed by atoms with Crippen molar-refractivity contribution in [3.05, 3.63) is 0 Å². The van der Waals surface area contributed by atoms with Gasteiger partial charge < -0.3 is 15.5 Å². The molecule has 1 saturated carbocycles. The molecular weight excluding hydrogens is 202 g/mol. The molecule has 16 heavy (non-hydrogen) atoms. The Hall–Kier alpha value is -0.610. The molecule has 4 nitrogen and oxygen atoms in total. The first-order chi connectivity index (χ1) is 7.51. The number of nitrogens with zero attached hydrogens (tertiary/aromatic N) is 2. The monoisotopic (exact) mass is 225 g/mol. The number of nitrogens with two attached hydrogens (primary N) is 1. The summed E-state index contributed by atoms with van der Waals surface area (Å²) in [6, 6.07) is 0. The fraction of sp³-hybridized carbons (Fsp3) is 0.917. The second-order valence-corrected chi connectivity index (χ2v) is 5.51. The van der Waals surface area contributed by atoms with Gasteiger partial charge in [0.25, 0.3) is 0 Å². The minimum Gasteiger partial charge on any atom is -0.340 e. The van der Waals surface area contributed by atoms with E-state index in [0.717, 1.165) is 45.4 Å². The minimum absolute atomic E-state index is 0.158. The van der Waals surface area contributed by atoms with E-state index in [1.165, 1.54) is 0 Å². The van der Waals surface area contributed by atoms with E-state index in [2.05, 4.69) is 11.9 Å². The SMILES string of the molecule is CN1CCCN(C(=O)C(C)(N)C2CC2)CC1. The van der Waals surface area contributed by atoms with Gasteiger partial charge in [0, 0.05) is 19.6 Å². The van der Waals surface area contributed by atoms with E-state index >= 15 is 0 Å². The molecule has 1 heterocycles. The van der Waals surface area contributed by atoms with Crippen LogP contribution in [0.4, 0.5) is 0 Å². The highest BCUT2D eigenvalue weighted by atomic mass is 16.2. The van der Waals surface area contributed by atoms with Gasteiger partial charge in [-0.05, 0) is 45.7 Å². The summed E-state index contributed by atoms with van der Waals surface area (Å²) < 4.78 is 0. The Labute approximate surface area is 97.8 Å². The Morgan fingerprint density at radius 2 is 1.94 bits per heavy atom. The van der Waals surface area contributed by atoms with Crippen LogP contribution in [0.25, 0.3) is 0 Å². The molecule has 1 unspecified atom stereocenters. The summed E-state index contributed by atoms with van der Waals surface area (Å²) in [4.78, 5) is 16.6. The van der Waals surface area contributed by atoms with Crippen LogP contribution >= 0.6 is 0 Å². The first kappa shape index (κ1) is 11.9. The molecule has 92 valence electrons. The number of hydrogen-bond acceptors (Lipinski definition) is 3. The maximum Gasteiger partial charge on any atom is 0.242 e. The van der Waals surface area contributed by atoms with Gasteiger partial charge >= 0.3 is 0 Å². The molecule has 0 aromatic rings. The van der Waals surface area contributed by atoms with Gasteiger partial charge in [0.2, 0.25) is 5.91 Å². The lowest BCUT2D eigenvalue weighted by atomic mass is 9.95. The Morgan fingerprint density at radius 3 is 2.56 bits per heavy atom. The highest BCUT2D eigenvalue weighted by Crippen LogP contribution is 2.39. The molecule has 0 aromatic heterocycles. The Bertz CT molecular complexity index is 273. The largest absolute Gasteiger partial charge is 0.340 e. The number of carbonyl (C=O) groups is 1. The summed E-state index contributed by atoms with van der Waals surface area (Å²) in [5, 5.41) is 0. The van der Waals surface area contributed by atoms with Gasteiger partial charge in [-0.2, -0.15) is 0 Å². The predicted octanol–water partition coefficient (Wildman–Crippen LogP) is 0.278. The van der Waals surface area contributed by atoms with Gasteiger partial charge in [0.05, 0.1) is 5.54 Å². The maximum absolute atomic E-state index is 12.3. The summed E-state index contributed by atoms with van der Waals surface area (Å²) in [5.41, 5.74) is 5.56. The molecule has 1 saturated heterocycles. The molecular formula is C12H23N3O. The molecule has 1 aliphatic heterocycles. The van der Waals surface area contributed by atoms with Crippen molar-refractivity contribution in [2.75, 3.05) is 33.2 Å². The number of likely N-dealkylation sites (N-methyl/N-ethyl adjacent to an activating group) is 1. The zero-order valence-corrected chi connectivity index (χ0v) is 10.4. The van der Waals surface area contributed by atoms with Crippen LogP contribution in [0.15, 0.2) is 0 Å². The van der Waals surface area contributed by atoms with Crippen molar-refractivity contribution in [2.24, 2.45) is 11.7 Å². The topological polar surface area (TPSA) is 49.6 Å². The van der Waals surface area contributed by atoms with Gasteiger partial charge in [-0.1, -0.05) is 0 Å². The second-order valence-electron chi connectivity index (χ2n) is 5.51. The zero-order valence-electron chi connectivity index (χ0n) is 10.4. The van der Waals surface area contributed by atoms with Crippen LogP contribution in [0, 0.1) is 5.92 Å². The molecule has 4 heteroatoms. The van der Waals surface area contributed by atoms with E-state index in [1.807, 2.05) is 11.8 Å². The van der Waals surface area contributed by atoms with Gasteiger partial charge in [-0.3, -0.25) is 4.79 Å². The van der Waals surface area contributed by atoms with Gasteiger partial charge in [0.1, 0.15) is 0 Å². The molecule has 0 spiro atoms. The number of amides is 1. The number of carbonyl (C=O) groups excluding carboxylic acids is 1. The quantitative estimate of drug-likeness (QED) is 0.734. The lowest BCUT2D eigenvalue weighted by Gasteiger charge is -2.31. The normalized spacial score (nSPS) is 27.3. The third kappa shape index (κ3) is 2.38. The van der Waals surface area contributed by atoms with E-state index in [9.17, 15) is 4.79 Å². The first-order valence-corrected chi connectivity index (χ1v) is 6.28. The van der Waals surface area contributed by atoms with Gasteiger partial charge in [0.15, 0.2) is 0 Å². The average Bonchev–Trinajstić information content (AvgIpc) is 3.03. The number of rotatable bonds is 2. The third-order valence-electron chi connectivity index (χ3n) is 3.89. The fourth-order valence-electron chi connectivity index (χ4n) is 2.45. The van der Waals surface area contributed by atoms with Crippen LogP contribution in [0.1, 0.15) is 26.2 Å². The third-order valence-corrected chi connectivity index (χ3v) is 3.89. The van der Waals surface area contributed by atoms with Gasteiger partial charge in [-0.15, -0.1) is 0 Å². The summed E-state index contributed by atoms with van der Waals surface area (Å²) in [7, 11) is 2.11. The van der Waals surface area contributed by atoms with Crippen molar-refractivity contribution < 1.29 is 4.79 Å². The standard InChI is InChI=1S/C12H23N3O/c1-12(13,10-4-5-10)11(16)15-7-3-6-14(2)8-9-15/h10H,3-9,13H2,1-2H3. The summed E-state index contributed by atoms with van der Waals surface area (Å²) in [5.74, 6) is 0.575. The van der Waals surface area contributed by atoms with Crippen molar-refractivity contribution in [2.45, 2.75) is 31.7 Å². The van der Waals surface area contributed by atoms with Crippen LogP contribution in [0.2, 0.25) is 0 Å². The van der Waals surface area contributed by atoms with Crippen LogP contribution in [0.3, 0.4) is 0 Å². The smallest absolute Gasteiger partial charge is 0.242 e. The van der Waals surface area contributed by atoms with E-state index in [-0.39, 0.29) is 5.91 Å². The van der Waals surface area contributed by atoms with Crippen LogP contribution in [0.5, 0.6) is 0 Å². The fourth-order valence-corrected chi connectivity index (χ4v) is 2.45. The van der Waals surface area contributed by atoms with E-state index < -0.39 is 5.54 Å². The summed E-state index contributed by atoms with van der Waals surface area (Å²) in [6.07, 6.45) is 3.29. The van der Waals surface area contributed by atoms with E-state index in [4.69, 9.17) is 5.73 Å². The molecule has 2 aliphatic rings. The second kappa shape index (κ2) is 4.34. The molecule has 0 aromatic carbocycles. The Morgan fingerprint density at radius 1 is 1.25 bits per heavy atom. The molecule has 2 rings (SSSR count). The highest BCUT2D eigenvalue weighted by Gasteiger charge is 2.45. The van der Waals surface area contributed by atoms with Crippen LogP contribution in [-0.2, 0) is 4.79 Å². The van der Waals surface area contributed by atoms with Crippen molar-refractivity contribution in [3.8, 4) is 0 Å². The van der Waals surface area contributed by atoms with Crippen LogP contribution < -0.4 is 5.73 Å². The summed E-state index contributed by atoms with van der Waals surface area (Å²) >= 11 is 0.